The van der Waals surface area contributed by atoms with Gasteiger partial charge in [0.2, 0.25) is 0 Å². The largest absolute Gasteiger partial charge is 0.462 e. The van der Waals surface area contributed by atoms with Crippen molar-refractivity contribution in [3.8, 4) is 0 Å². The second kappa shape index (κ2) is 7.69. The molecule has 0 radical (unpaired) electrons. The number of hydrogen-bond donors (Lipinski definition) is 2. The first kappa shape index (κ1) is 17.6. The third-order valence-corrected chi connectivity index (χ3v) is 4.10. The predicted molar refractivity (Wildman–Crippen MR) is 91.2 cm³/mol. The summed E-state index contributed by atoms with van der Waals surface area (Å²) in [5.41, 5.74) is 1.58. The van der Waals surface area contributed by atoms with Gasteiger partial charge < -0.3 is 10.1 Å². The molecule has 24 heavy (non-hydrogen) atoms. The standard InChI is InChI=1S/C16H17N3O4S/c1-4-23-15(22)11-5-7-12(8-6-11)18-13(20)14(21)19-16-17-9(2)10(3)24-16/h5-8H,4H2,1-3H3,(H,18,20)(H,17,19,21). The van der Waals surface area contributed by atoms with Crippen LogP contribution < -0.4 is 10.6 Å². The number of ether oxygens (including phenoxy) is 1. The summed E-state index contributed by atoms with van der Waals surface area (Å²) in [6, 6.07) is 6.07. The molecule has 0 fully saturated rings. The third kappa shape index (κ3) is 4.39. The van der Waals surface area contributed by atoms with Gasteiger partial charge in [-0.25, -0.2) is 9.78 Å². The van der Waals surface area contributed by atoms with Gasteiger partial charge in [0.15, 0.2) is 5.13 Å². The maximum absolute atomic E-state index is 11.9. The topological polar surface area (TPSA) is 97.4 Å². The molecule has 0 saturated carbocycles. The number of nitrogens with one attached hydrogen (secondary N) is 2. The fraction of sp³-hybridized carbons (Fsp3) is 0.250. The Morgan fingerprint density at radius 1 is 1.08 bits per heavy atom. The second-order valence-electron chi connectivity index (χ2n) is 4.87. The summed E-state index contributed by atoms with van der Waals surface area (Å²) in [5.74, 6) is -2.06. The number of benzene rings is 1. The Bertz CT molecular complexity index is 749. The molecule has 2 amide bonds. The average Bonchev–Trinajstić information content (AvgIpc) is 2.86. The molecule has 0 bridgehead atoms. The van der Waals surface area contributed by atoms with E-state index >= 15 is 0 Å². The number of esters is 1. The highest BCUT2D eigenvalue weighted by Crippen LogP contribution is 2.21. The molecule has 2 N–H and O–H groups in total. The molecule has 0 atom stereocenters. The molecule has 1 heterocycles. The summed E-state index contributed by atoms with van der Waals surface area (Å²) in [6.07, 6.45) is 0. The second-order valence-corrected chi connectivity index (χ2v) is 6.07. The van der Waals surface area contributed by atoms with Crippen molar-refractivity contribution in [2.45, 2.75) is 20.8 Å². The molecule has 0 unspecified atom stereocenters. The highest BCUT2D eigenvalue weighted by Gasteiger charge is 2.16. The first-order chi connectivity index (χ1) is 11.4. The van der Waals surface area contributed by atoms with Crippen LogP contribution in [0.4, 0.5) is 10.8 Å². The van der Waals surface area contributed by atoms with Crippen molar-refractivity contribution in [3.05, 3.63) is 40.4 Å². The number of rotatable bonds is 4. The van der Waals surface area contributed by atoms with Crippen LogP contribution in [0, 0.1) is 13.8 Å². The SMILES string of the molecule is CCOC(=O)c1ccc(NC(=O)C(=O)Nc2nc(C)c(C)s2)cc1. The normalized spacial score (nSPS) is 10.1. The van der Waals surface area contributed by atoms with Crippen LogP contribution in [0.1, 0.15) is 27.9 Å². The van der Waals surface area contributed by atoms with Gasteiger partial charge in [0, 0.05) is 10.6 Å². The Labute approximate surface area is 143 Å². The van der Waals surface area contributed by atoms with Crippen LogP contribution in [-0.4, -0.2) is 29.4 Å². The number of carbonyl (C=O) groups excluding carboxylic acids is 3. The average molecular weight is 347 g/mol. The number of carbonyl (C=O) groups is 3. The number of aromatic nitrogens is 1. The molecule has 1 aromatic carbocycles. The minimum atomic E-state index is -0.815. The number of anilines is 2. The third-order valence-electron chi connectivity index (χ3n) is 3.11. The minimum absolute atomic E-state index is 0.285. The fourth-order valence-electron chi connectivity index (χ4n) is 1.77. The van der Waals surface area contributed by atoms with Crippen LogP contribution in [-0.2, 0) is 14.3 Å². The van der Waals surface area contributed by atoms with E-state index in [0.717, 1.165) is 10.6 Å². The number of hydrogen-bond acceptors (Lipinski definition) is 6. The first-order valence-electron chi connectivity index (χ1n) is 7.24. The molecular formula is C16H17N3O4S. The van der Waals surface area contributed by atoms with E-state index in [1.807, 2.05) is 13.8 Å². The van der Waals surface area contributed by atoms with Crippen LogP contribution in [0.5, 0.6) is 0 Å². The molecule has 126 valence electrons. The molecule has 0 aliphatic heterocycles. The van der Waals surface area contributed by atoms with Gasteiger partial charge >= 0.3 is 17.8 Å². The monoisotopic (exact) mass is 347 g/mol. The maximum Gasteiger partial charge on any atom is 0.338 e. The van der Waals surface area contributed by atoms with E-state index in [1.54, 1.807) is 6.92 Å². The molecule has 0 aliphatic rings. The van der Waals surface area contributed by atoms with Gasteiger partial charge in [0.25, 0.3) is 0 Å². The van der Waals surface area contributed by atoms with E-state index in [4.69, 9.17) is 4.74 Å². The minimum Gasteiger partial charge on any atom is -0.462 e. The van der Waals surface area contributed by atoms with Crippen molar-refractivity contribution in [2.75, 3.05) is 17.2 Å². The zero-order chi connectivity index (χ0) is 17.7. The van der Waals surface area contributed by atoms with Gasteiger partial charge in [-0.15, -0.1) is 11.3 Å². The van der Waals surface area contributed by atoms with Crippen molar-refractivity contribution in [2.24, 2.45) is 0 Å². The molecule has 1 aromatic heterocycles. The van der Waals surface area contributed by atoms with Crippen molar-refractivity contribution >= 4 is 39.9 Å². The van der Waals surface area contributed by atoms with Gasteiger partial charge in [0.05, 0.1) is 17.9 Å². The van der Waals surface area contributed by atoms with Crippen molar-refractivity contribution in [3.63, 3.8) is 0 Å². The lowest BCUT2D eigenvalue weighted by molar-refractivity contribution is -0.132. The van der Waals surface area contributed by atoms with E-state index in [9.17, 15) is 14.4 Å². The highest BCUT2D eigenvalue weighted by atomic mass is 32.1. The van der Waals surface area contributed by atoms with E-state index in [-0.39, 0.29) is 6.61 Å². The molecule has 0 aliphatic carbocycles. The smallest absolute Gasteiger partial charge is 0.338 e. The van der Waals surface area contributed by atoms with Gasteiger partial charge in [0.1, 0.15) is 0 Å². The van der Waals surface area contributed by atoms with Crippen molar-refractivity contribution in [1.29, 1.82) is 0 Å². The number of nitrogens with zero attached hydrogens (tertiary/aromatic N) is 1. The van der Waals surface area contributed by atoms with Gasteiger partial charge in [-0.3, -0.25) is 14.9 Å². The molecule has 0 spiro atoms. The lowest BCUT2D eigenvalue weighted by Gasteiger charge is -2.06. The molecule has 8 heteroatoms. The predicted octanol–water partition coefficient (Wildman–Crippen LogP) is 2.51. The van der Waals surface area contributed by atoms with Gasteiger partial charge in [-0.05, 0) is 45.0 Å². The molecule has 2 aromatic rings. The summed E-state index contributed by atoms with van der Waals surface area (Å²) >= 11 is 1.30. The van der Waals surface area contributed by atoms with E-state index < -0.39 is 17.8 Å². The van der Waals surface area contributed by atoms with Crippen LogP contribution >= 0.6 is 11.3 Å². The Morgan fingerprint density at radius 3 is 2.25 bits per heavy atom. The molecule has 7 nitrogen and oxygen atoms in total. The summed E-state index contributed by atoms with van der Waals surface area (Å²) < 4.78 is 4.87. The van der Waals surface area contributed by atoms with E-state index in [1.165, 1.54) is 35.6 Å². The quantitative estimate of drug-likeness (QED) is 0.654. The lowest BCUT2D eigenvalue weighted by Crippen LogP contribution is -2.29. The number of aryl methyl sites for hydroxylation is 2. The van der Waals surface area contributed by atoms with Crippen LogP contribution in [0.25, 0.3) is 0 Å². The number of amides is 2. The molecule has 0 saturated heterocycles. The summed E-state index contributed by atoms with van der Waals surface area (Å²) in [6.45, 7) is 5.71. The zero-order valence-electron chi connectivity index (χ0n) is 13.5. The van der Waals surface area contributed by atoms with E-state index in [2.05, 4.69) is 15.6 Å². The van der Waals surface area contributed by atoms with Crippen LogP contribution in [0.15, 0.2) is 24.3 Å². The van der Waals surface area contributed by atoms with E-state index in [0.29, 0.717) is 16.4 Å². The van der Waals surface area contributed by atoms with Crippen LogP contribution in [0.3, 0.4) is 0 Å². The maximum atomic E-state index is 11.9. The Hall–Kier alpha value is -2.74. The Morgan fingerprint density at radius 2 is 1.71 bits per heavy atom. The van der Waals surface area contributed by atoms with Crippen molar-refractivity contribution < 1.29 is 19.1 Å². The Kier molecular flexibility index (Phi) is 5.64. The number of thiazole rings is 1. The van der Waals surface area contributed by atoms with Crippen LogP contribution in [0.2, 0.25) is 0 Å². The lowest BCUT2D eigenvalue weighted by atomic mass is 10.2. The Balaban J connectivity index is 1.96. The summed E-state index contributed by atoms with van der Waals surface area (Å²) in [5, 5.41) is 5.29. The molecule has 2 rings (SSSR count). The molecular weight excluding hydrogens is 330 g/mol. The summed E-state index contributed by atoms with van der Waals surface area (Å²) in [4.78, 5) is 40.4. The first-order valence-corrected chi connectivity index (χ1v) is 8.06. The zero-order valence-corrected chi connectivity index (χ0v) is 14.3. The fourth-order valence-corrected chi connectivity index (χ4v) is 2.58. The van der Waals surface area contributed by atoms with Gasteiger partial charge in [-0.1, -0.05) is 0 Å². The van der Waals surface area contributed by atoms with Gasteiger partial charge in [-0.2, -0.15) is 0 Å². The highest BCUT2D eigenvalue weighted by molar-refractivity contribution is 7.15. The summed E-state index contributed by atoms with van der Waals surface area (Å²) in [7, 11) is 0. The van der Waals surface area contributed by atoms with Crippen molar-refractivity contribution in [1.82, 2.24) is 4.98 Å².